The highest BCUT2D eigenvalue weighted by molar-refractivity contribution is 9.10. The Morgan fingerprint density at radius 2 is 1.71 bits per heavy atom. The van der Waals surface area contributed by atoms with Gasteiger partial charge in [0.15, 0.2) is 6.61 Å². The SMILES string of the molecule is Cc1ccc(OCC(=O)N(Cc2ccc(Br)cc2)[C@@H](C)C(=O)NC2CCCCC2)cc1. The van der Waals surface area contributed by atoms with Gasteiger partial charge in [0, 0.05) is 17.1 Å². The summed E-state index contributed by atoms with van der Waals surface area (Å²) in [5.41, 5.74) is 2.09. The summed E-state index contributed by atoms with van der Waals surface area (Å²) in [5.74, 6) is 0.323. The van der Waals surface area contributed by atoms with Crippen LogP contribution in [0.1, 0.15) is 50.2 Å². The van der Waals surface area contributed by atoms with Crippen LogP contribution >= 0.6 is 15.9 Å². The first kappa shape index (κ1) is 23.3. The highest BCUT2D eigenvalue weighted by atomic mass is 79.9. The van der Waals surface area contributed by atoms with Gasteiger partial charge in [0.1, 0.15) is 11.8 Å². The standard InChI is InChI=1S/C25H31BrN2O3/c1-18-8-14-23(15-9-18)31-17-24(29)28(16-20-10-12-21(26)13-11-20)19(2)25(30)27-22-6-4-3-5-7-22/h8-15,19,22H,3-7,16-17H2,1-2H3,(H,27,30)/t19-/m0/s1. The van der Waals surface area contributed by atoms with Gasteiger partial charge < -0.3 is 15.0 Å². The van der Waals surface area contributed by atoms with Crippen LogP contribution in [-0.4, -0.2) is 35.4 Å². The van der Waals surface area contributed by atoms with Crippen LogP contribution in [0, 0.1) is 6.92 Å². The lowest BCUT2D eigenvalue weighted by molar-refractivity contribution is -0.142. The molecule has 1 saturated carbocycles. The number of ether oxygens (including phenoxy) is 1. The van der Waals surface area contributed by atoms with Crippen LogP contribution in [-0.2, 0) is 16.1 Å². The summed E-state index contributed by atoms with van der Waals surface area (Å²) >= 11 is 3.44. The minimum absolute atomic E-state index is 0.104. The molecule has 0 saturated heterocycles. The van der Waals surface area contributed by atoms with Gasteiger partial charge in [-0.15, -0.1) is 0 Å². The number of amides is 2. The number of nitrogens with one attached hydrogen (secondary N) is 1. The molecule has 31 heavy (non-hydrogen) atoms. The number of carbonyl (C=O) groups is 2. The first-order valence-corrected chi connectivity index (χ1v) is 11.8. The lowest BCUT2D eigenvalue weighted by Gasteiger charge is -2.31. The first-order valence-electron chi connectivity index (χ1n) is 11.0. The van der Waals surface area contributed by atoms with Crippen molar-refractivity contribution in [3.63, 3.8) is 0 Å². The Hall–Kier alpha value is -2.34. The van der Waals surface area contributed by atoms with E-state index in [1.807, 2.05) is 55.5 Å². The summed E-state index contributed by atoms with van der Waals surface area (Å²) in [6.07, 6.45) is 5.54. The normalized spacial score (nSPS) is 15.2. The van der Waals surface area contributed by atoms with Gasteiger partial charge in [0.25, 0.3) is 5.91 Å². The van der Waals surface area contributed by atoms with E-state index < -0.39 is 6.04 Å². The second-order valence-electron chi connectivity index (χ2n) is 8.27. The molecule has 1 atom stereocenters. The summed E-state index contributed by atoms with van der Waals surface area (Å²) in [6, 6.07) is 15.0. The van der Waals surface area contributed by atoms with E-state index in [4.69, 9.17) is 4.74 Å². The molecule has 3 rings (SSSR count). The number of hydrogen-bond acceptors (Lipinski definition) is 3. The molecular formula is C25H31BrN2O3. The van der Waals surface area contributed by atoms with Crippen molar-refractivity contribution in [1.82, 2.24) is 10.2 Å². The molecule has 1 fully saturated rings. The van der Waals surface area contributed by atoms with Gasteiger partial charge in [-0.1, -0.05) is 65.0 Å². The maximum Gasteiger partial charge on any atom is 0.261 e. The number of carbonyl (C=O) groups excluding carboxylic acids is 2. The third-order valence-electron chi connectivity index (χ3n) is 5.77. The largest absolute Gasteiger partial charge is 0.484 e. The van der Waals surface area contributed by atoms with Crippen molar-refractivity contribution in [1.29, 1.82) is 0 Å². The van der Waals surface area contributed by atoms with Crippen molar-refractivity contribution < 1.29 is 14.3 Å². The van der Waals surface area contributed by atoms with E-state index >= 15 is 0 Å². The van der Waals surface area contributed by atoms with E-state index in [-0.39, 0.29) is 24.5 Å². The van der Waals surface area contributed by atoms with Gasteiger partial charge in [-0.2, -0.15) is 0 Å². The summed E-state index contributed by atoms with van der Waals surface area (Å²) in [6.45, 7) is 4.03. The van der Waals surface area contributed by atoms with Crippen LogP contribution in [0.4, 0.5) is 0 Å². The summed E-state index contributed by atoms with van der Waals surface area (Å²) in [7, 11) is 0. The number of rotatable bonds is 8. The fourth-order valence-electron chi connectivity index (χ4n) is 3.80. The van der Waals surface area contributed by atoms with E-state index in [9.17, 15) is 9.59 Å². The molecule has 0 heterocycles. The van der Waals surface area contributed by atoms with E-state index in [1.54, 1.807) is 11.8 Å². The van der Waals surface area contributed by atoms with Gasteiger partial charge in [-0.3, -0.25) is 9.59 Å². The summed E-state index contributed by atoms with van der Waals surface area (Å²) in [4.78, 5) is 27.7. The maximum atomic E-state index is 13.1. The number of hydrogen-bond donors (Lipinski definition) is 1. The molecule has 0 aliphatic heterocycles. The average Bonchev–Trinajstić information content (AvgIpc) is 2.78. The number of aryl methyl sites for hydroxylation is 1. The molecule has 0 spiro atoms. The van der Waals surface area contributed by atoms with Crippen LogP contribution in [0.25, 0.3) is 0 Å². The molecule has 6 heteroatoms. The zero-order valence-electron chi connectivity index (χ0n) is 18.3. The fourth-order valence-corrected chi connectivity index (χ4v) is 4.06. The second-order valence-corrected chi connectivity index (χ2v) is 9.19. The average molecular weight is 487 g/mol. The van der Waals surface area contributed by atoms with Crippen molar-refractivity contribution in [2.24, 2.45) is 0 Å². The number of halogens is 1. The number of nitrogens with zero attached hydrogens (tertiary/aromatic N) is 1. The smallest absolute Gasteiger partial charge is 0.261 e. The predicted octanol–water partition coefficient (Wildman–Crippen LogP) is 5.00. The Morgan fingerprint density at radius 3 is 2.35 bits per heavy atom. The molecule has 0 radical (unpaired) electrons. The highest BCUT2D eigenvalue weighted by Crippen LogP contribution is 2.19. The summed E-state index contributed by atoms with van der Waals surface area (Å²) < 4.78 is 6.68. The molecule has 0 bridgehead atoms. The van der Waals surface area contributed by atoms with Gasteiger partial charge in [0.2, 0.25) is 5.91 Å². The Labute approximate surface area is 193 Å². The first-order chi connectivity index (χ1) is 14.9. The molecule has 2 aromatic carbocycles. The topological polar surface area (TPSA) is 58.6 Å². The third-order valence-corrected chi connectivity index (χ3v) is 6.30. The van der Waals surface area contributed by atoms with Crippen LogP contribution < -0.4 is 10.1 Å². The van der Waals surface area contributed by atoms with E-state index in [0.29, 0.717) is 12.3 Å². The lowest BCUT2D eigenvalue weighted by Crippen LogP contribution is -2.51. The van der Waals surface area contributed by atoms with E-state index in [1.165, 1.54) is 6.42 Å². The predicted molar refractivity (Wildman–Crippen MR) is 126 cm³/mol. The molecule has 0 aromatic heterocycles. The Kier molecular flexibility index (Phi) is 8.52. The van der Waals surface area contributed by atoms with E-state index in [0.717, 1.165) is 41.3 Å². The van der Waals surface area contributed by atoms with Crippen molar-refractivity contribution in [3.8, 4) is 5.75 Å². The fraction of sp³-hybridized carbons (Fsp3) is 0.440. The van der Waals surface area contributed by atoms with Gasteiger partial charge in [-0.05, 0) is 56.5 Å². The monoisotopic (exact) mass is 486 g/mol. The van der Waals surface area contributed by atoms with Crippen molar-refractivity contribution in [2.45, 2.75) is 64.6 Å². The minimum Gasteiger partial charge on any atom is -0.484 e. The van der Waals surface area contributed by atoms with Gasteiger partial charge >= 0.3 is 0 Å². The zero-order valence-corrected chi connectivity index (χ0v) is 19.9. The zero-order chi connectivity index (χ0) is 22.2. The second kappa shape index (κ2) is 11.3. The molecule has 5 nitrogen and oxygen atoms in total. The minimum atomic E-state index is -0.584. The molecule has 2 aromatic rings. The molecule has 0 unspecified atom stereocenters. The van der Waals surface area contributed by atoms with Gasteiger partial charge in [-0.25, -0.2) is 0 Å². The molecule has 2 amide bonds. The molecule has 1 N–H and O–H groups in total. The molecule has 1 aliphatic carbocycles. The van der Waals surface area contributed by atoms with E-state index in [2.05, 4.69) is 21.2 Å². The van der Waals surface area contributed by atoms with Crippen LogP contribution in [0.3, 0.4) is 0 Å². The Bertz CT molecular complexity index is 861. The maximum absolute atomic E-state index is 13.1. The molecule has 1 aliphatic rings. The Morgan fingerprint density at radius 1 is 1.06 bits per heavy atom. The highest BCUT2D eigenvalue weighted by Gasteiger charge is 2.28. The number of benzene rings is 2. The van der Waals surface area contributed by atoms with Crippen LogP contribution in [0.5, 0.6) is 5.75 Å². The van der Waals surface area contributed by atoms with Gasteiger partial charge in [0.05, 0.1) is 0 Å². The summed E-state index contributed by atoms with van der Waals surface area (Å²) in [5, 5.41) is 3.15. The lowest BCUT2D eigenvalue weighted by atomic mass is 9.95. The van der Waals surface area contributed by atoms with Crippen molar-refractivity contribution in [3.05, 3.63) is 64.1 Å². The van der Waals surface area contributed by atoms with Crippen LogP contribution in [0.15, 0.2) is 53.0 Å². The quantitative estimate of drug-likeness (QED) is 0.570. The van der Waals surface area contributed by atoms with Crippen molar-refractivity contribution in [2.75, 3.05) is 6.61 Å². The molecular weight excluding hydrogens is 456 g/mol. The molecule has 166 valence electrons. The third kappa shape index (κ3) is 7.10. The van der Waals surface area contributed by atoms with Crippen molar-refractivity contribution >= 4 is 27.7 Å². The van der Waals surface area contributed by atoms with Crippen LogP contribution in [0.2, 0.25) is 0 Å². The Balaban J connectivity index is 1.69.